The molecule has 464 valence electrons. The third-order valence-corrected chi connectivity index (χ3v) is 14.1. The molecule has 0 heterocycles. The third-order valence-electron chi connectivity index (χ3n) is 14.1. The van der Waals surface area contributed by atoms with Crippen LogP contribution in [0.3, 0.4) is 0 Å². The molecule has 0 aromatic rings. The van der Waals surface area contributed by atoms with E-state index in [9.17, 15) is 14.4 Å². The molecule has 6 heteroatoms. The number of hydrogen-bond acceptors (Lipinski definition) is 6. The molecule has 0 spiro atoms. The normalized spacial score (nSPS) is 13.1. The lowest BCUT2D eigenvalue weighted by atomic mass is 10.0. The predicted molar refractivity (Wildman–Crippen MR) is 357 cm³/mol. The average molecular weight is 1130 g/mol. The van der Waals surface area contributed by atoms with Crippen LogP contribution in [0, 0.1) is 0 Å². The smallest absolute Gasteiger partial charge is 0.306 e. The summed E-state index contributed by atoms with van der Waals surface area (Å²) < 4.78 is 16.9. The molecule has 0 aliphatic heterocycles. The Bertz CT molecular complexity index is 1780. The minimum Gasteiger partial charge on any atom is -0.462 e. The van der Waals surface area contributed by atoms with Gasteiger partial charge in [0.05, 0.1) is 0 Å². The van der Waals surface area contributed by atoms with Crippen LogP contribution in [0.25, 0.3) is 0 Å². The molecule has 0 bridgehead atoms. The first-order chi connectivity index (χ1) is 40.5. The van der Waals surface area contributed by atoms with E-state index < -0.39 is 6.10 Å². The highest BCUT2D eigenvalue weighted by Crippen LogP contribution is 2.16. The van der Waals surface area contributed by atoms with Crippen molar-refractivity contribution in [3.63, 3.8) is 0 Å². The minimum atomic E-state index is -0.797. The Morgan fingerprint density at radius 3 is 0.744 bits per heavy atom. The number of esters is 3. The molecule has 1 unspecified atom stereocenters. The Labute approximate surface area is 506 Å². The van der Waals surface area contributed by atoms with E-state index in [4.69, 9.17) is 14.2 Å². The summed E-state index contributed by atoms with van der Waals surface area (Å²) in [7, 11) is 0. The molecular weight excluding hydrogens is 1010 g/mol. The van der Waals surface area contributed by atoms with Crippen LogP contribution in [0.1, 0.15) is 297 Å². The number of carbonyl (C=O) groups excluding carboxylic acids is 3. The van der Waals surface area contributed by atoms with Gasteiger partial charge in [-0.3, -0.25) is 14.4 Å². The second kappa shape index (κ2) is 68.8. The fraction of sp³-hybridized carbons (Fsp3) is 0.645. The first kappa shape index (κ1) is 77.3. The second-order valence-corrected chi connectivity index (χ2v) is 22.0. The minimum absolute atomic E-state index is 0.0906. The lowest BCUT2D eigenvalue weighted by molar-refractivity contribution is -0.167. The fourth-order valence-corrected chi connectivity index (χ4v) is 9.10. The average Bonchev–Trinajstić information content (AvgIpc) is 3.47. The Balaban J connectivity index is 4.27. The summed E-state index contributed by atoms with van der Waals surface area (Å²) >= 11 is 0. The maximum Gasteiger partial charge on any atom is 0.306 e. The first-order valence-electron chi connectivity index (χ1n) is 33.8. The third kappa shape index (κ3) is 66.1. The molecule has 0 aliphatic carbocycles. The molecule has 82 heavy (non-hydrogen) atoms. The van der Waals surface area contributed by atoms with Gasteiger partial charge in [0.1, 0.15) is 13.2 Å². The van der Waals surface area contributed by atoms with Crippen LogP contribution in [0.5, 0.6) is 0 Å². The molecule has 0 aliphatic rings. The number of rotatable bonds is 60. The van der Waals surface area contributed by atoms with Gasteiger partial charge < -0.3 is 14.2 Å². The largest absolute Gasteiger partial charge is 0.462 e. The van der Waals surface area contributed by atoms with Gasteiger partial charge in [-0.1, -0.05) is 301 Å². The van der Waals surface area contributed by atoms with Crippen molar-refractivity contribution in [2.45, 2.75) is 303 Å². The molecule has 0 N–H and O–H groups in total. The van der Waals surface area contributed by atoms with Gasteiger partial charge in [-0.2, -0.15) is 0 Å². The van der Waals surface area contributed by atoms with Crippen molar-refractivity contribution in [3.8, 4) is 0 Å². The molecule has 0 fully saturated rings. The molecule has 6 nitrogen and oxygen atoms in total. The summed E-state index contributed by atoms with van der Waals surface area (Å²) in [6.07, 6.45) is 98.7. The Hall–Kier alpha value is -4.71. The quantitative estimate of drug-likeness (QED) is 0.0261. The standard InChI is InChI=1S/C76H124O6/c1-4-7-10-13-16-19-22-24-26-28-30-32-34-35-36-37-38-39-40-41-43-44-46-48-50-52-54-57-60-63-66-69-75(78)81-72-73(71-80-74(77)68-65-62-59-56-21-18-15-12-9-6-3)82-76(79)70-67-64-61-58-55-53-51-49-47-45-42-33-31-29-27-25-23-20-17-14-11-8-5-2/h7-8,10-11,16-17,19-20,24-27,30-33,35-36,38-39,45,47,51,53,73H,4-6,9,12-15,18,21-23,28-29,34,37,40-44,46,48-50,52,54-72H2,1-3H3/b10-7-,11-8-,19-16-,20-17-,26-24-,27-25-,32-30-,33-31-,36-35-,39-38-,47-45-,53-51-. The van der Waals surface area contributed by atoms with Gasteiger partial charge in [-0.05, 0) is 122 Å². The Morgan fingerprint density at radius 2 is 0.476 bits per heavy atom. The fourth-order valence-electron chi connectivity index (χ4n) is 9.10. The molecular formula is C76H124O6. The molecule has 1 atom stereocenters. The zero-order valence-corrected chi connectivity index (χ0v) is 53.2. The van der Waals surface area contributed by atoms with E-state index in [0.717, 1.165) is 148 Å². The van der Waals surface area contributed by atoms with Gasteiger partial charge in [-0.25, -0.2) is 0 Å². The van der Waals surface area contributed by atoms with Crippen molar-refractivity contribution in [2.75, 3.05) is 13.2 Å². The van der Waals surface area contributed by atoms with Crippen LogP contribution in [0.15, 0.2) is 146 Å². The summed E-state index contributed by atoms with van der Waals surface area (Å²) in [4.78, 5) is 38.3. The Kier molecular flexibility index (Phi) is 64.8. The van der Waals surface area contributed by atoms with Crippen molar-refractivity contribution in [1.29, 1.82) is 0 Å². The van der Waals surface area contributed by atoms with E-state index in [1.807, 2.05) is 0 Å². The van der Waals surface area contributed by atoms with Gasteiger partial charge in [0, 0.05) is 19.3 Å². The maximum atomic E-state index is 12.9. The van der Waals surface area contributed by atoms with Gasteiger partial charge in [-0.15, -0.1) is 0 Å². The molecule has 0 aromatic heterocycles. The number of allylic oxidation sites excluding steroid dienone is 24. The van der Waals surface area contributed by atoms with Gasteiger partial charge in [0.25, 0.3) is 0 Å². The van der Waals surface area contributed by atoms with Crippen molar-refractivity contribution in [1.82, 2.24) is 0 Å². The first-order valence-corrected chi connectivity index (χ1v) is 33.8. The van der Waals surface area contributed by atoms with Crippen LogP contribution < -0.4 is 0 Å². The number of ether oxygens (including phenoxy) is 3. The number of unbranched alkanes of at least 4 members (excludes halogenated alkanes) is 25. The van der Waals surface area contributed by atoms with E-state index in [-0.39, 0.29) is 31.1 Å². The number of carbonyl (C=O) groups is 3. The summed E-state index contributed by atoms with van der Waals surface area (Å²) in [5.41, 5.74) is 0. The lowest BCUT2D eigenvalue weighted by Gasteiger charge is -2.18. The molecule has 0 aromatic carbocycles. The highest BCUT2D eigenvalue weighted by atomic mass is 16.6. The summed E-state index contributed by atoms with van der Waals surface area (Å²) in [6.45, 7) is 6.39. The highest BCUT2D eigenvalue weighted by Gasteiger charge is 2.19. The van der Waals surface area contributed by atoms with Crippen LogP contribution in [-0.4, -0.2) is 37.2 Å². The van der Waals surface area contributed by atoms with E-state index in [0.29, 0.717) is 19.3 Å². The molecule has 0 radical (unpaired) electrons. The van der Waals surface area contributed by atoms with Crippen LogP contribution in [0.4, 0.5) is 0 Å². The van der Waals surface area contributed by atoms with Crippen molar-refractivity contribution >= 4 is 17.9 Å². The van der Waals surface area contributed by atoms with Gasteiger partial charge >= 0.3 is 17.9 Å². The summed E-state index contributed by atoms with van der Waals surface area (Å²) in [6, 6.07) is 0. The zero-order chi connectivity index (χ0) is 59.2. The predicted octanol–water partition coefficient (Wildman–Crippen LogP) is 23.5. The molecule has 0 amide bonds. The Morgan fingerprint density at radius 1 is 0.256 bits per heavy atom. The van der Waals surface area contributed by atoms with Gasteiger partial charge in [0.2, 0.25) is 0 Å². The van der Waals surface area contributed by atoms with Crippen LogP contribution in [0.2, 0.25) is 0 Å². The van der Waals surface area contributed by atoms with Crippen LogP contribution >= 0.6 is 0 Å². The highest BCUT2D eigenvalue weighted by molar-refractivity contribution is 5.71. The molecule has 0 saturated heterocycles. The SMILES string of the molecule is CC/C=C\C/C=C\C/C=C\C/C=C\C/C=C\C/C=C\CCCCCCCCCCCCCCC(=O)OCC(COC(=O)CCCCCCCCCCCC)OC(=O)CCCCCC/C=C\C/C=C\C/C=C\C/C=C\C/C=C\C/C=C\CC. The second-order valence-electron chi connectivity index (χ2n) is 22.0. The molecule has 0 rings (SSSR count). The summed E-state index contributed by atoms with van der Waals surface area (Å²) in [5.74, 6) is -0.916. The van der Waals surface area contributed by atoms with E-state index in [1.165, 1.54) is 109 Å². The summed E-state index contributed by atoms with van der Waals surface area (Å²) in [5, 5.41) is 0. The molecule has 0 saturated carbocycles. The van der Waals surface area contributed by atoms with Crippen molar-refractivity contribution in [2.24, 2.45) is 0 Å². The van der Waals surface area contributed by atoms with E-state index in [1.54, 1.807) is 0 Å². The number of hydrogen-bond donors (Lipinski definition) is 0. The topological polar surface area (TPSA) is 78.9 Å². The van der Waals surface area contributed by atoms with E-state index in [2.05, 4.69) is 167 Å². The lowest BCUT2D eigenvalue weighted by Crippen LogP contribution is -2.30. The van der Waals surface area contributed by atoms with Crippen LogP contribution in [-0.2, 0) is 28.6 Å². The van der Waals surface area contributed by atoms with Crippen molar-refractivity contribution in [3.05, 3.63) is 146 Å². The maximum absolute atomic E-state index is 12.9. The zero-order valence-electron chi connectivity index (χ0n) is 53.2. The monoisotopic (exact) mass is 1130 g/mol. The van der Waals surface area contributed by atoms with E-state index >= 15 is 0 Å². The van der Waals surface area contributed by atoms with Crippen molar-refractivity contribution < 1.29 is 28.6 Å². The van der Waals surface area contributed by atoms with Gasteiger partial charge in [0.15, 0.2) is 6.10 Å².